The Kier molecular flexibility index (Phi) is 3.51. The van der Waals surface area contributed by atoms with Crippen molar-refractivity contribution in [1.29, 1.82) is 0 Å². The fourth-order valence-corrected chi connectivity index (χ4v) is 1.46. The van der Waals surface area contributed by atoms with Gasteiger partial charge in [-0.1, -0.05) is 6.07 Å². The number of hydrogen-bond donors (Lipinski definition) is 1. The predicted molar refractivity (Wildman–Crippen MR) is 61.4 cm³/mol. The maximum atomic E-state index is 5.69. The molecule has 0 radical (unpaired) electrons. The van der Waals surface area contributed by atoms with Crippen LogP contribution in [0.25, 0.3) is 0 Å². The Bertz CT molecular complexity index is 354. The zero-order valence-corrected chi connectivity index (χ0v) is 9.66. The highest BCUT2D eigenvalue weighted by molar-refractivity contribution is 5.51. The molecule has 4 heteroatoms. The van der Waals surface area contributed by atoms with E-state index in [1.165, 1.54) is 0 Å². The molecule has 0 aromatic heterocycles. The van der Waals surface area contributed by atoms with Crippen molar-refractivity contribution in [2.75, 3.05) is 26.9 Å². The molecule has 4 nitrogen and oxygen atoms in total. The van der Waals surface area contributed by atoms with Gasteiger partial charge in [-0.15, -0.1) is 0 Å². The molecule has 1 unspecified atom stereocenters. The Morgan fingerprint density at radius 1 is 1.38 bits per heavy atom. The van der Waals surface area contributed by atoms with Crippen LogP contribution in [0, 0.1) is 0 Å². The van der Waals surface area contributed by atoms with E-state index in [2.05, 4.69) is 12.2 Å². The summed E-state index contributed by atoms with van der Waals surface area (Å²) in [4.78, 5) is 0. The first kappa shape index (κ1) is 11.1. The molecular weight excluding hydrogens is 206 g/mol. The topological polar surface area (TPSA) is 39.7 Å². The molecule has 2 rings (SSSR count). The average Bonchev–Trinajstić information content (AvgIpc) is 2.35. The van der Waals surface area contributed by atoms with Crippen LogP contribution in [0.5, 0.6) is 17.2 Å². The standard InChI is InChI=1S/C12H17NO3/c1-9(13-2)8-16-11-5-3-4-10-12(11)15-7-6-14-10/h3-5,9,13H,6-8H2,1-2H3. The van der Waals surface area contributed by atoms with E-state index in [4.69, 9.17) is 14.2 Å². The summed E-state index contributed by atoms with van der Waals surface area (Å²) < 4.78 is 16.7. The molecular formula is C12H17NO3. The van der Waals surface area contributed by atoms with Crippen molar-refractivity contribution in [1.82, 2.24) is 5.32 Å². The molecule has 0 saturated heterocycles. The molecule has 0 bridgehead atoms. The summed E-state index contributed by atoms with van der Waals surface area (Å²) in [5.41, 5.74) is 0. The Hall–Kier alpha value is -1.42. The number of rotatable bonds is 4. The van der Waals surface area contributed by atoms with Crippen molar-refractivity contribution in [3.8, 4) is 17.2 Å². The van der Waals surface area contributed by atoms with E-state index >= 15 is 0 Å². The van der Waals surface area contributed by atoms with Gasteiger partial charge in [0, 0.05) is 6.04 Å². The van der Waals surface area contributed by atoms with Crippen LogP contribution in [0.15, 0.2) is 18.2 Å². The number of likely N-dealkylation sites (N-methyl/N-ethyl adjacent to an activating group) is 1. The van der Waals surface area contributed by atoms with E-state index in [9.17, 15) is 0 Å². The Morgan fingerprint density at radius 2 is 2.19 bits per heavy atom. The van der Waals surface area contributed by atoms with Gasteiger partial charge in [0.15, 0.2) is 11.5 Å². The monoisotopic (exact) mass is 223 g/mol. The summed E-state index contributed by atoms with van der Waals surface area (Å²) in [6.45, 7) is 3.85. The first-order valence-electron chi connectivity index (χ1n) is 5.50. The highest BCUT2D eigenvalue weighted by atomic mass is 16.6. The van der Waals surface area contributed by atoms with Crippen molar-refractivity contribution in [3.05, 3.63) is 18.2 Å². The van der Waals surface area contributed by atoms with Crippen LogP contribution in [0.1, 0.15) is 6.92 Å². The zero-order valence-electron chi connectivity index (χ0n) is 9.66. The minimum absolute atomic E-state index is 0.306. The number of hydrogen-bond acceptors (Lipinski definition) is 4. The largest absolute Gasteiger partial charge is 0.488 e. The molecule has 0 aliphatic carbocycles. The first-order valence-corrected chi connectivity index (χ1v) is 5.50. The van der Waals surface area contributed by atoms with Crippen molar-refractivity contribution in [2.24, 2.45) is 0 Å². The van der Waals surface area contributed by atoms with E-state index in [0.29, 0.717) is 25.9 Å². The molecule has 0 fully saturated rings. The van der Waals surface area contributed by atoms with Gasteiger partial charge in [0.05, 0.1) is 0 Å². The number of benzene rings is 1. The molecule has 1 aromatic carbocycles. The van der Waals surface area contributed by atoms with E-state index in [0.717, 1.165) is 17.2 Å². The summed E-state index contributed by atoms with van der Waals surface area (Å²) in [6.07, 6.45) is 0. The number of para-hydroxylation sites is 1. The third kappa shape index (κ3) is 2.39. The fraction of sp³-hybridized carbons (Fsp3) is 0.500. The third-order valence-electron chi connectivity index (χ3n) is 2.51. The summed E-state index contributed by atoms with van der Waals surface area (Å²) in [6, 6.07) is 6.01. The fourth-order valence-electron chi connectivity index (χ4n) is 1.46. The summed E-state index contributed by atoms with van der Waals surface area (Å²) >= 11 is 0. The predicted octanol–water partition coefficient (Wildman–Crippen LogP) is 1.44. The number of nitrogens with one attached hydrogen (secondary N) is 1. The summed E-state index contributed by atoms with van der Waals surface area (Å²) in [5.74, 6) is 2.23. The van der Waals surface area contributed by atoms with Crippen LogP contribution in [0.4, 0.5) is 0 Å². The molecule has 1 aliphatic rings. The third-order valence-corrected chi connectivity index (χ3v) is 2.51. The Balaban J connectivity index is 2.08. The van der Waals surface area contributed by atoms with Gasteiger partial charge in [0.1, 0.15) is 19.8 Å². The second-order valence-electron chi connectivity index (χ2n) is 3.78. The smallest absolute Gasteiger partial charge is 0.203 e. The molecule has 1 atom stereocenters. The molecule has 1 aromatic rings. The number of fused-ring (bicyclic) bond motifs is 1. The molecule has 0 saturated carbocycles. The van der Waals surface area contributed by atoms with Gasteiger partial charge < -0.3 is 19.5 Å². The van der Waals surface area contributed by atoms with Gasteiger partial charge in [-0.25, -0.2) is 0 Å². The van der Waals surface area contributed by atoms with E-state index in [1.807, 2.05) is 25.2 Å². The maximum absolute atomic E-state index is 5.69. The lowest BCUT2D eigenvalue weighted by atomic mass is 10.2. The van der Waals surface area contributed by atoms with Crippen LogP contribution < -0.4 is 19.5 Å². The number of ether oxygens (including phenoxy) is 3. The van der Waals surface area contributed by atoms with E-state index in [-0.39, 0.29) is 0 Å². The Labute approximate surface area is 95.5 Å². The van der Waals surface area contributed by atoms with Gasteiger partial charge in [-0.2, -0.15) is 0 Å². The normalized spacial score (nSPS) is 15.6. The highest BCUT2D eigenvalue weighted by Crippen LogP contribution is 2.38. The van der Waals surface area contributed by atoms with Crippen LogP contribution >= 0.6 is 0 Å². The minimum atomic E-state index is 0.306. The van der Waals surface area contributed by atoms with Gasteiger partial charge in [-0.3, -0.25) is 0 Å². The molecule has 88 valence electrons. The highest BCUT2D eigenvalue weighted by Gasteiger charge is 2.16. The molecule has 1 heterocycles. The molecule has 16 heavy (non-hydrogen) atoms. The van der Waals surface area contributed by atoms with Gasteiger partial charge >= 0.3 is 0 Å². The molecule has 1 aliphatic heterocycles. The van der Waals surface area contributed by atoms with Crippen LogP contribution in [-0.2, 0) is 0 Å². The quantitative estimate of drug-likeness (QED) is 0.838. The first-order chi connectivity index (χ1) is 7.81. The van der Waals surface area contributed by atoms with Crippen LogP contribution in [0.3, 0.4) is 0 Å². The SMILES string of the molecule is CNC(C)COc1cccc2c1OCCO2. The molecule has 0 spiro atoms. The zero-order chi connectivity index (χ0) is 11.4. The minimum Gasteiger partial charge on any atom is -0.488 e. The average molecular weight is 223 g/mol. The lowest BCUT2D eigenvalue weighted by Gasteiger charge is -2.21. The summed E-state index contributed by atoms with van der Waals surface area (Å²) in [5, 5.41) is 3.12. The van der Waals surface area contributed by atoms with E-state index < -0.39 is 0 Å². The van der Waals surface area contributed by atoms with Crippen molar-refractivity contribution in [2.45, 2.75) is 13.0 Å². The van der Waals surface area contributed by atoms with Gasteiger partial charge in [0.2, 0.25) is 5.75 Å². The maximum Gasteiger partial charge on any atom is 0.203 e. The lowest BCUT2D eigenvalue weighted by Crippen LogP contribution is -2.28. The van der Waals surface area contributed by atoms with Crippen molar-refractivity contribution in [3.63, 3.8) is 0 Å². The van der Waals surface area contributed by atoms with Crippen molar-refractivity contribution >= 4 is 0 Å². The molecule has 0 amide bonds. The van der Waals surface area contributed by atoms with Crippen LogP contribution in [0.2, 0.25) is 0 Å². The lowest BCUT2D eigenvalue weighted by molar-refractivity contribution is 0.160. The summed E-state index contributed by atoms with van der Waals surface area (Å²) in [7, 11) is 1.91. The van der Waals surface area contributed by atoms with Crippen molar-refractivity contribution < 1.29 is 14.2 Å². The van der Waals surface area contributed by atoms with E-state index in [1.54, 1.807) is 0 Å². The van der Waals surface area contributed by atoms with Crippen LogP contribution in [-0.4, -0.2) is 32.9 Å². The second-order valence-corrected chi connectivity index (χ2v) is 3.78. The van der Waals surface area contributed by atoms with Gasteiger partial charge in [-0.05, 0) is 26.1 Å². The second kappa shape index (κ2) is 5.07. The van der Waals surface area contributed by atoms with Gasteiger partial charge in [0.25, 0.3) is 0 Å². The Morgan fingerprint density at radius 3 is 3.00 bits per heavy atom. The molecule has 1 N–H and O–H groups in total.